The molecule has 1 aromatic carbocycles. The monoisotopic (exact) mass is 278 g/mol. The van der Waals surface area contributed by atoms with E-state index >= 15 is 0 Å². The molecule has 0 aliphatic rings. The second-order valence-corrected chi connectivity index (χ2v) is 5.90. The first-order chi connectivity index (χ1) is 8.37. The van der Waals surface area contributed by atoms with Crippen molar-refractivity contribution in [2.45, 2.75) is 17.7 Å². The third-order valence-electron chi connectivity index (χ3n) is 2.46. The summed E-state index contributed by atoms with van der Waals surface area (Å²) in [7, 11) is -2.71. The van der Waals surface area contributed by atoms with Gasteiger partial charge in [-0.3, -0.25) is 0 Å². The van der Waals surface area contributed by atoms with Gasteiger partial charge in [-0.25, -0.2) is 17.2 Å². The van der Waals surface area contributed by atoms with Crippen molar-refractivity contribution in [1.29, 1.82) is 0 Å². The third-order valence-corrected chi connectivity index (χ3v) is 4.30. The van der Waals surface area contributed by atoms with E-state index in [0.717, 1.165) is 12.6 Å². The molecular weight excluding hydrogens is 262 g/mol. The largest absolute Gasteiger partial charge is 0.330 e. The van der Waals surface area contributed by atoms with E-state index in [1.54, 1.807) is 12.1 Å². The second-order valence-electron chi connectivity index (χ2n) is 3.86. The summed E-state index contributed by atoms with van der Waals surface area (Å²) in [5.74, 6) is 0. The minimum atomic E-state index is -3.84. The summed E-state index contributed by atoms with van der Waals surface area (Å²) in [5.41, 5.74) is 6.29. The van der Waals surface area contributed by atoms with Gasteiger partial charge >= 0.3 is 0 Å². The van der Waals surface area contributed by atoms with Gasteiger partial charge in [-0.1, -0.05) is 12.1 Å². The molecule has 0 bridgehead atoms. The second kappa shape index (κ2) is 6.21. The normalized spacial score (nSPS) is 12.3. The summed E-state index contributed by atoms with van der Waals surface area (Å²) in [6, 6.07) is 6.08. The van der Waals surface area contributed by atoms with Crippen LogP contribution in [0.25, 0.3) is 0 Å². The van der Waals surface area contributed by atoms with Gasteiger partial charge in [0.1, 0.15) is 0 Å². The van der Waals surface area contributed by atoms with Gasteiger partial charge in [-0.2, -0.15) is 4.31 Å². The molecule has 0 fully saturated rings. The van der Waals surface area contributed by atoms with E-state index in [2.05, 4.69) is 0 Å². The first-order valence-electron chi connectivity index (χ1n) is 5.41. The van der Waals surface area contributed by atoms with E-state index in [9.17, 15) is 17.2 Å². The van der Waals surface area contributed by atoms with Crippen LogP contribution in [0.5, 0.6) is 0 Å². The number of rotatable bonds is 6. The average Bonchev–Trinajstić information content (AvgIpc) is 2.29. The van der Waals surface area contributed by atoms with E-state index in [4.69, 9.17) is 5.73 Å². The lowest BCUT2D eigenvalue weighted by atomic mass is 10.2. The molecule has 0 unspecified atom stereocenters. The van der Waals surface area contributed by atoms with Crippen molar-refractivity contribution in [3.8, 4) is 0 Å². The third kappa shape index (κ3) is 3.72. The Hall–Kier alpha value is -1.05. The van der Waals surface area contributed by atoms with Gasteiger partial charge in [0, 0.05) is 7.05 Å². The maximum absolute atomic E-state index is 12.2. The zero-order valence-electron chi connectivity index (χ0n) is 10.0. The molecule has 7 heteroatoms. The number of nitrogens with two attached hydrogens (primary N) is 1. The van der Waals surface area contributed by atoms with Gasteiger partial charge in [0.25, 0.3) is 6.43 Å². The van der Waals surface area contributed by atoms with Crippen molar-refractivity contribution >= 4 is 10.0 Å². The maximum Gasteiger partial charge on any atom is 0.252 e. The van der Waals surface area contributed by atoms with Crippen LogP contribution >= 0.6 is 0 Å². The first kappa shape index (κ1) is 15.0. The molecule has 0 saturated heterocycles. The van der Waals surface area contributed by atoms with Crippen LogP contribution in [0.4, 0.5) is 8.78 Å². The maximum atomic E-state index is 12.2. The minimum absolute atomic E-state index is 0.00595. The lowest BCUT2D eigenvalue weighted by Crippen LogP contribution is -2.31. The number of nitrogens with zero attached hydrogens (tertiary/aromatic N) is 1. The van der Waals surface area contributed by atoms with Crippen molar-refractivity contribution in [2.24, 2.45) is 5.73 Å². The highest BCUT2D eigenvalue weighted by molar-refractivity contribution is 7.89. The van der Waals surface area contributed by atoms with Crippen LogP contribution < -0.4 is 5.73 Å². The van der Waals surface area contributed by atoms with Gasteiger partial charge in [0.2, 0.25) is 10.0 Å². The SMILES string of the molecule is CN(CC(F)F)S(=O)(=O)c1ccc(CCN)cc1. The Morgan fingerprint density at radius 3 is 2.28 bits per heavy atom. The van der Waals surface area contributed by atoms with Crippen LogP contribution in [0.15, 0.2) is 29.2 Å². The minimum Gasteiger partial charge on any atom is -0.330 e. The molecule has 0 spiro atoms. The molecule has 0 aromatic heterocycles. The highest BCUT2D eigenvalue weighted by Crippen LogP contribution is 2.16. The molecule has 0 aliphatic carbocycles. The molecule has 0 heterocycles. The van der Waals surface area contributed by atoms with E-state index in [1.807, 2.05) is 0 Å². The number of hydrogen-bond donors (Lipinski definition) is 1. The Kier molecular flexibility index (Phi) is 5.18. The van der Waals surface area contributed by atoms with Gasteiger partial charge in [-0.05, 0) is 30.7 Å². The molecule has 18 heavy (non-hydrogen) atoms. The fourth-order valence-corrected chi connectivity index (χ4v) is 2.62. The number of sulfonamides is 1. The first-order valence-corrected chi connectivity index (χ1v) is 6.85. The Morgan fingerprint density at radius 2 is 1.83 bits per heavy atom. The summed E-state index contributed by atoms with van der Waals surface area (Å²) in [6.07, 6.45) is -2.05. The molecular formula is C11H16F2N2O2S. The molecule has 0 radical (unpaired) electrons. The molecule has 4 nitrogen and oxygen atoms in total. The summed E-state index contributed by atoms with van der Waals surface area (Å²) >= 11 is 0. The van der Waals surface area contributed by atoms with Crippen molar-refractivity contribution in [3.63, 3.8) is 0 Å². The Balaban J connectivity index is 2.91. The van der Waals surface area contributed by atoms with Crippen LogP contribution in [0.3, 0.4) is 0 Å². The van der Waals surface area contributed by atoms with E-state index in [-0.39, 0.29) is 4.90 Å². The Morgan fingerprint density at radius 1 is 1.28 bits per heavy atom. The van der Waals surface area contributed by atoms with E-state index < -0.39 is 23.0 Å². The Bertz CT molecular complexity index is 474. The van der Waals surface area contributed by atoms with Gasteiger partial charge in [-0.15, -0.1) is 0 Å². The van der Waals surface area contributed by atoms with Crippen LogP contribution in [0.1, 0.15) is 5.56 Å². The quantitative estimate of drug-likeness (QED) is 0.846. The molecule has 1 rings (SSSR count). The zero-order valence-corrected chi connectivity index (χ0v) is 10.8. The smallest absolute Gasteiger partial charge is 0.252 e. The molecule has 0 saturated carbocycles. The van der Waals surface area contributed by atoms with E-state index in [0.29, 0.717) is 17.3 Å². The fourth-order valence-electron chi connectivity index (χ4n) is 1.47. The fraction of sp³-hybridized carbons (Fsp3) is 0.455. The lowest BCUT2D eigenvalue weighted by molar-refractivity contribution is 0.126. The molecule has 1 aromatic rings. The average molecular weight is 278 g/mol. The number of alkyl halides is 2. The summed E-state index contributed by atoms with van der Waals surface area (Å²) in [4.78, 5) is 0.00595. The van der Waals surface area contributed by atoms with Crippen molar-refractivity contribution in [1.82, 2.24) is 4.31 Å². The van der Waals surface area contributed by atoms with Crippen LogP contribution in [0, 0.1) is 0 Å². The molecule has 0 amide bonds. The number of benzene rings is 1. The van der Waals surface area contributed by atoms with Gasteiger partial charge in [0.05, 0.1) is 11.4 Å². The van der Waals surface area contributed by atoms with Crippen molar-refractivity contribution in [2.75, 3.05) is 20.1 Å². The zero-order chi connectivity index (χ0) is 13.8. The highest BCUT2D eigenvalue weighted by Gasteiger charge is 2.23. The molecule has 2 N–H and O–H groups in total. The van der Waals surface area contributed by atoms with E-state index in [1.165, 1.54) is 12.1 Å². The Labute approximate surface area is 105 Å². The predicted molar refractivity (Wildman–Crippen MR) is 65.0 cm³/mol. The standard InChI is InChI=1S/C11H16F2N2O2S/c1-15(8-11(12)13)18(16,17)10-4-2-9(3-5-10)6-7-14/h2-5,11H,6-8,14H2,1H3. The predicted octanol–water partition coefficient (Wildman–Crippen LogP) is 1.07. The molecule has 0 atom stereocenters. The van der Waals surface area contributed by atoms with Gasteiger partial charge in [0.15, 0.2) is 0 Å². The lowest BCUT2D eigenvalue weighted by Gasteiger charge is -2.16. The van der Waals surface area contributed by atoms with Crippen molar-refractivity contribution in [3.05, 3.63) is 29.8 Å². The number of halogens is 2. The summed E-state index contributed by atoms with van der Waals surface area (Å²) in [6.45, 7) is -0.343. The molecule has 102 valence electrons. The van der Waals surface area contributed by atoms with Crippen molar-refractivity contribution < 1.29 is 17.2 Å². The van der Waals surface area contributed by atoms with Crippen LogP contribution in [0.2, 0.25) is 0 Å². The summed E-state index contributed by atoms with van der Waals surface area (Å²) < 4.78 is 48.8. The number of hydrogen-bond acceptors (Lipinski definition) is 3. The van der Waals surface area contributed by atoms with Crippen LogP contribution in [-0.4, -0.2) is 39.3 Å². The van der Waals surface area contributed by atoms with Gasteiger partial charge < -0.3 is 5.73 Å². The molecule has 0 aliphatic heterocycles. The highest BCUT2D eigenvalue weighted by atomic mass is 32.2. The van der Waals surface area contributed by atoms with Crippen LogP contribution in [-0.2, 0) is 16.4 Å². The summed E-state index contributed by atoms with van der Waals surface area (Å²) in [5, 5.41) is 0. The topological polar surface area (TPSA) is 63.4 Å².